The molecule has 0 amide bonds. The molecule has 4 N–H and O–H groups in total. The maximum absolute atomic E-state index is 11.4. The second kappa shape index (κ2) is 4.73. The molecular weight excluding hydrogens is 298 g/mol. The van der Waals surface area contributed by atoms with Crippen LogP contribution < -0.4 is 11.1 Å². The van der Waals surface area contributed by atoms with Gasteiger partial charge in [0.15, 0.2) is 5.60 Å². The Hall–Kier alpha value is -2.04. The Morgan fingerprint density at radius 1 is 1.23 bits per heavy atom. The first kappa shape index (κ1) is 13.6. The number of nitrogens with one attached hydrogen (secondary N) is 1. The monoisotopic (exact) mass is 313 g/mol. The molecule has 0 spiro atoms. The summed E-state index contributed by atoms with van der Waals surface area (Å²) in [6, 6.07) is 11.2. The van der Waals surface area contributed by atoms with Crippen LogP contribution in [0, 0.1) is 0 Å². The van der Waals surface area contributed by atoms with Gasteiger partial charge in [0, 0.05) is 28.4 Å². The van der Waals surface area contributed by atoms with Crippen molar-refractivity contribution in [3.63, 3.8) is 0 Å². The van der Waals surface area contributed by atoms with Gasteiger partial charge >= 0.3 is 0 Å². The number of hydrogen-bond donors (Lipinski definition) is 3. The zero-order chi connectivity index (χ0) is 15.3. The lowest BCUT2D eigenvalue weighted by Crippen LogP contribution is -2.40. The van der Waals surface area contributed by atoms with E-state index in [1.807, 2.05) is 18.2 Å². The molecule has 112 valence electrons. The minimum Gasteiger partial charge on any atom is -0.385 e. The molecule has 2 heterocycles. The molecule has 2 aromatic rings. The van der Waals surface area contributed by atoms with Crippen LogP contribution in [0.15, 0.2) is 41.4 Å². The van der Waals surface area contributed by atoms with E-state index in [4.69, 9.17) is 17.3 Å². The van der Waals surface area contributed by atoms with E-state index in [1.165, 1.54) is 0 Å². The van der Waals surface area contributed by atoms with Gasteiger partial charge in [0.1, 0.15) is 5.84 Å². The summed E-state index contributed by atoms with van der Waals surface area (Å²) >= 11 is 6.11. The van der Waals surface area contributed by atoms with Crippen LogP contribution in [-0.4, -0.2) is 17.5 Å². The molecule has 0 saturated carbocycles. The zero-order valence-electron chi connectivity index (χ0n) is 11.9. The third kappa shape index (κ3) is 1.77. The van der Waals surface area contributed by atoms with E-state index in [0.717, 1.165) is 36.2 Å². The maximum atomic E-state index is 11.4. The van der Waals surface area contributed by atoms with Crippen LogP contribution in [0.25, 0.3) is 0 Å². The van der Waals surface area contributed by atoms with Crippen LogP contribution in [0.4, 0.5) is 11.4 Å². The fraction of sp³-hybridized carbons (Fsp3) is 0.235. The number of fused-ring (bicyclic) bond motifs is 2. The summed E-state index contributed by atoms with van der Waals surface area (Å²) in [4.78, 5) is 4.34. The molecule has 2 aliphatic rings. The standard InChI is InChI=1S/C17H16ClN3O/c18-10-6-7-15-13(9-10)17(22,16(19)21-15)12-4-1-5-14-11(12)3-2-8-20-14/h1,4-7,9,20,22H,2-3,8H2,(H2,19,21). The van der Waals surface area contributed by atoms with Gasteiger partial charge in [-0.15, -0.1) is 0 Å². The normalized spacial score (nSPS) is 22.5. The number of halogens is 1. The van der Waals surface area contributed by atoms with Gasteiger partial charge in [-0.05, 0) is 42.7 Å². The van der Waals surface area contributed by atoms with Crippen LogP contribution in [-0.2, 0) is 12.0 Å². The van der Waals surface area contributed by atoms with Crippen LogP contribution in [0.1, 0.15) is 23.1 Å². The molecule has 4 rings (SSSR count). The number of anilines is 1. The van der Waals surface area contributed by atoms with Gasteiger partial charge in [-0.2, -0.15) is 0 Å². The van der Waals surface area contributed by atoms with Gasteiger partial charge in [0.05, 0.1) is 5.69 Å². The number of aliphatic imine (C=N–C) groups is 1. The molecule has 5 heteroatoms. The summed E-state index contributed by atoms with van der Waals surface area (Å²) in [6.45, 7) is 0.945. The van der Waals surface area contributed by atoms with Gasteiger partial charge in [-0.1, -0.05) is 23.7 Å². The SMILES string of the molecule is NC1=Nc2ccc(Cl)cc2C1(O)c1cccc2c1CCCN2. The summed E-state index contributed by atoms with van der Waals surface area (Å²) in [5.74, 6) is 0.198. The molecule has 1 atom stereocenters. The number of amidine groups is 1. The Labute approximate surface area is 133 Å². The van der Waals surface area contributed by atoms with Crippen molar-refractivity contribution < 1.29 is 5.11 Å². The van der Waals surface area contributed by atoms with Crippen molar-refractivity contribution in [3.8, 4) is 0 Å². The summed E-state index contributed by atoms with van der Waals surface area (Å²) in [5.41, 5.74) is 8.97. The van der Waals surface area contributed by atoms with E-state index in [1.54, 1.807) is 18.2 Å². The molecule has 0 aromatic heterocycles. The minimum atomic E-state index is -1.41. The first-order chi connectivity index (χ1) is 10.6. The molecule has 2 aliphatic heterocycles. The first-order valence-corrected chi connectivity index (χ1v) is 7.72. The Kier molecular flexibility index (Phi) is 2.93. The predicted octanol–water partition coefficient (Wildman–Crippen LogP) is 2.94. The van der Waals surface area contributed by atoms with E-state index >= 15 is 0 Å². The molecule has 1 unspecified atom stereocenters. The summed E-state index contributed by atoms with van der Waals surface area (Å²) in [5, 5.41) is 15.4. The highest BCUT2D eigenvalue weighted by Gasteiger charge is 2.44. The highest BCUT2D eigenvalue weighted by molar-refractivity contribution is 6.30. The average molecular weight is 314 g/mol. The van der Waals surface area contributed by atoms with Crippen molar-refractivity contribution in [2.24, 2.45) is 10.7 Å². The number of aliphatic hydroxyl groups is 1. The topological polar surface area (TPSA) is 70.6 Å². The first-order valence-electron chi connectivity index (χ1n) is 7.34. The second-order valence-corrected chi connectivity index (χ2v) is 6.17. The molecule has 2 aromatic carbocycles. The van der Waals surface area contributed by atoms with Crippen molar-refractivity contribution in [1.82, 2.24) is 0 Å². The molecule has 22 heavy (non-hydrogen) atoms. The molecule has 0 radical (unpaired) electrons. The largest absolute Gasteiger partial charge is 0.385 e. The highest BCUT2D eigenvalue weighted by atomic mass is 35.5. The van der Waals surface area contributed by atoms with E-state index < -0.39 is 5.60 Å². The smallest absolute Gasteiger partial charge is 0.174 e. The molecule has 0 saturated heterocycles. The average Bonchev–Trinajstić information content (AvgIpc) is 2.79. The number of benzene rings is 2. The van der Waals surface area contributed by atoms with Crippen LogP contribution in [0.2, 0.25) is 5.02 Å². The van der Waals surface area contributed by atoms with E-state index in [0.29, 0.717) is 16.3 Å². The van der Waals surface area contributed by atoms with Gasteiger partial charge in [-0.25, -0.2) is 4.99 Å². The summed E-state index contributed by atoms with van der Waals surface area (Å²) in [6.07, 6.45) is 1.93. The van der Waals surface area contributed by atoms with Crippen molar-refractivity contribution in [3.05, 3.63) is 58.1 Å². The fourth-order valence-electron chi connectivity index (χ4n) is 3.38. The van der Waals surface area contributed by atoms with Crippen LogP contribution in [0.3, 0.4) is 0 Å². The lowest BCUT2D eigenvalue weighted by molar-refractivity contribution is 0.157. The van der Waals surface area contributed by atoms with Gasteiger partial charge in [0.2, 0.25) is 0 Å². The van der Waals surface area contributed by atoms with Gasteiger partial charge in [-0.3, -0.25) is 0 Å². The summed E-state index contributed by atoms with van der Waals surface area (Å²) in [7, 11) is 0. The van der Waals surface area contributed by atoms with Crippen molar-refractivity contribution in [2.75, 3.05) is 11.9 Å². The lowest BCUT2D eigenvalue weighted by Gasteiger charge is -2.30. The molecule has 4 nitrogen and oxygen atoms in total. The fourth-order valence-corrected chi connectivity index (χ4v) is 3.55. The van der Waals surface area contributed by atoms with Crippen molar-refractivity contribution in [2.45, 2.75) is 18.4 Å². The molecular formula is C17H16ClN3O. The number of nitrogens with two attached hydrogens (primary N) is 1. The second-order valence-electron chi connectivity index (χ2n) is 5.73. The Morgan fingerprint density at radius 2 is 2.09 bits per heavy atom. The zero-order valence-corrected chi connectivity index (χ0v) is 12.7. The lowest BCUT2D eigenvalue weighted by atomic mass is 9.81. The molecule has 0 bridgehead atoms. The Balaban J connectivity index is 1.97. The molecule has 0 aliphatic carbocycles. The Bertz CT molecular complexity index is 802. The number of rotatable bonds is 1. The van der Waals surface area contributed by atoms with Crippen LogP contribution >= 0.6 is 11.6 Å². The Morgan fingerprint density at radius 3 is 2.95 bits per heavy atom. The van der Waals surface area contributed by atoms with Gasteiger partial charge < -0.3 is 16.2 Å². The molecule has 0 fully saturated rings. The predicted molar refractivity (Wildman–Crippen MR) is 89.0 cm³/mol. The van der Waals surface area contributed by atoms with E-state index in [2.05, 4.69) is 10.3 Å². The van der Waals surface area contributed by atoms with Crippen LogP contribution in [0.5, 0.6) is 0 Å². The van der Waals surface area contributed by atoms with Gasteiger partial charge in [0.25, 0.3) is 0 Å². The third-order valence-electron chi connectivity index (χ3n) is 4.44. The van der Waals surface area contributed by atoms with E-state index in [-0.39, 0.29) is 5.84 Å². The van der Waals surface area contributed by atoms with Crippen molar-refractivity contribution >= 4 is 28.8 Å². The van der Waals surface area contributed by atoms with Crippen molar-refractivity contribution in [1.29, 1.82) is 0 Å². The maximum Gasteiger partial charge on any atom is 0.174 e. The number of hydrogen-bond acceptors (Lipinski definition) is 4. The quantitative estimate of drug-likeness (QED) is 0.758. The summed E-state index contributed by atoms with van der Waals surface area (Å²) < 4.78 is 0. The highest BCUT2D eigenvalue weighted by Crippen LogP contribution is 2.45. The van der Waals surface area contributed by atoms with E-state index in [9.17, 15) is 5.11 Å². The minimum absolute atomic E-state index is 0.198. The number of nitrogens with zero attached hydrogens (tertiary/aromatic N) is 1. The third-order valence-corrected chi connectivity index (χ3v) is 4.68.